The van der Waals surface area contributed by atoms with Crippen LogP contribution < -0.4 is 5.32 Å². The highest BCUT2D eigenvalue weighted by Gasteiger charge is 2.29. The molecule has 2 rings (SSSR count). The third kappa shape index (κ3) is 3.79. The lowest BCUT2D eigenvalue weighted by molar-refractivity contribution is -0.133. The summed E-state index contributed by atoms with van der Waals surface area (Å²) < 4.78 is 5.32. The van der Waals surface area contributed by atoms with Crippen LogP contribution in [-0.2, 0) is 20.9 Å². The van der Waals surface area contributed by atoms with Crippen LogP contribution in [0.2, 0.25) is 0 Å². The summed E-state index contributed by atoms with van der Waals surface area (Å²) >= 11 is 0. The Morgan fingerprint density at radius 2 is 2.16 bits per heavy atom. The minimum Gasteiger partial charge on any atom is -0.367 e. The molecule has 5 nitrogen and oxygen atoms in total. The number of hydrogen-bond acceptors (Lipinski definition) is 3. The van der Waals surface area contributed by atoms with Gasteiger partial charge in [0.2, 0.25) is 11.8 Å². The molecule has 1 atom stereocenters. The van der Waals surface area contributed by atoms with Gasteiger partial charge in [0.25, 0.3) is 0 Å². The molecule has 0 spiro atoms. The fourth-order valence-electron chi connectivity index (χ4n) is 2.03. The molecule has 1 N–H and O–H groups in total. The molecule has 19 heavy (non-hydrogen) atoms. The van der Waals surface area contributed by atoms with Crippen molar-refractivity contribution in [1.29, 1.82) is 0 Å². The van der Waals surface area contributed by atoms with Crippen LogP contribution in [0.15, 0.2) is 30.3 Å². The van der Waals surface area contributed by atoms with E-state index in [0.717, 1.165) is 5.56 Å². The monoisotopic (exact) mass is 262 g/mol. The second-order valence-electron chi connectivity index (χ2n) is 4.65. The number of nitrogens with zero attached hydrogens (tertiary/aromatic N) is 1. The Morgan fingerprint density at radius 3 is 2.79 bits per heavy atom. The van der Waals surface area contributed by atoms with E-state index in [9.17, 15) is 9.59 Å². The number of carbonyl (C=O) groups is 2. The van der Waals surface area contributed by atoms with Crippen LogP contribution in [0.25, 0.3) is 0 Å². The Labute approximate surface area is 112 Å². The van der Waals surface area contributed by atoms with Gasteiger partial charge in [0, 0.05) is 13.6 Å². The highest BCUT2D eigenvalue weighted by Crippen LogP contribution is 2.08. The molecule has 1 aliphatic heterocycles. The number of likely N-dealkylation sites (tertiary alicyclic amines) is 1. The molecule has 1 aromatic rings. The first-order valence-corrected chi connectivity index (χ1v) is 6.33. The van der Waals surface area contributed by atoms with Crippen LogP contribution in [0.4, 0.5) is 0 Å². The molecule has 1 fully saturated rings. The van der Waals surface area contributed by atoms with E-state index in [4.69, 9.17) is 4.74 Å². The van der Waals surface area contributed by atoms with Crippen LogP contribution in [0.5, 0.6) is 0 Å². The van der Waals surface area contributed by atoms with Gasteiger partial charge >= 0.3 is 0 Å². The van der Waals surface area contributed by atoms with Crippen molar-refractivity contribution in [1.82, 2.24) is 10.2 Å². The lowest BCUT2D eigenvalue weighted by atomic mass is 10.2. The third-order valence-electron chi connectivity index (χ3n) is 3.11. The molecule has 1 aromatic carbocycles. The van der Waals surface area contributed by atoms with Crippen molar-refractivity contribution in [2.45, 2.75) is 19.1 Å². The van der Waals surface area contributed by atoms with Gasteiger partial charge in [0.05, 0.1) is 6.61 Å². The number of benzene rings is 1. The maximum Gasteiger partial charge on any atom is 0.246 e. The first-order valence-electron chi connectivity index (χ1n) is 6.33. The fourth-order valence-corrected chi connectivity index (χ4v) is 2.03. The van der Waals surface area contributed by atoms with Gasteiger partial charge in [0.15, 0.2) is 0 Å². The molecule has 1 aliphatic rings. The minimum absolute atomic E-state index is 0.0254. The molecule has 0 unspecified atom stereocenters. The molecule has 1 heterocycles. The summed E-state index contributed by atoms with van der Waals surface area (Å²) in [6, 6.07) is 9.26. The van der Waals surface area contributed by atoms with Crippen LogP contribution in [0, 0.1) is 0 Å². The first kappa shape index (κ1) is 13.5. The number of hydrogen-bond donors (Lipinski definition) is 1. The predicted octanol–water partition coefficient (Wildman–Crippen LogP) is 0.550. The lowest BCUT2D eigenvalue weighted by Crippen LogP contribution is -2.42. The van der Waals surface area contributed by atoms with Gasteiger partial charge in [-0.05, 0) is 12.0 Å². The molecule has 0 aromatic heterocycles. The van der Waals surface area contributed by atoms with Crippen LogP contribution in [0.3, 0.4) is 0 Å². The van der Waals surface area contributed by atoms with Crippen LogP contribution in [0.1, 0.15) is 12.0 Å². The summed E-state index contributed by atoms with van der Waals surface area (Å²) in [5.41, 5.74) is 1.02. The van der Waals surface area contributed by atoms with E-state index < -0.39 is 6.04 Å². The topological polar surface area (TPSA) is 58.6 Å². The molecule has 5 heteroatoms. The predicted molar refractivity (Wildman–Crippen MR) is 70.3 cm³/mol. The molecular formula is C14H18N2O3. The van der Waals surface area contributed by atoms with Gasteiger partial charge in [-0.15, -0.1) is 0 Å². The van der Waals surface area contributed by atoms with Gasteiger partial charge < -0.3 is 15.0 Å². The fraction of sp³-hybridized carbons (Fsp3) is 0.429. The average molecular weight is 262 g/mol. The Balaban J connectivity index is 1.69. The van der Waals surface area contributed by atoms with Crippen LogP contribution in [-0.4, -0.2) is 43.0 Å². The SMILES string of the molecule is CN1CC[C@H](NC(=O)COCc2ccccc2)C1=O. The highest BCUT2D eigenvalue weighted by molar-refractivity contribution is 5.89. The zero-order valence-corrected chi connectivity index (χ0v) is 11.0. The normalized spacial score (nSPS) is 18.7. The molecule has 2 amide bonds. The molecule has 1 saturated heterocycles. The highest BCUT2D eigenvalue weighted by atomic mass is 16.5. The molecule has 0 radical (unpaired) electrons. The van der Waals surface area contributed by atoms with E-state index in [0.29, 0.717) is 19.6 Å². The quantitative estimate of drug-likeness (QED) is 0.843. The molecule has 0 saturated carbocycles. The number of likely N-dealkylation sites (N-methyl/N-ethyl adjacent to an activating group) is 1. The van der Waals surface area contributed by atoms with E-state index in [-0.39, 0.29) is 18.4 Å². The molecular weight excluding hydrogens is 244 g/mol. The third-order valence-corrected chi connectivity index (χ3v) is 3.11. The summed E-state index contributed by atoms with van der Waals surface area (Å²) in [4.78, 5) is 24.9. The van der Waals surface area contributed by atoms with E-state index in [1.807, 2.05) is 30.3 Å². The summed E-state index contributed by atoms with van der Waals surface area (Å²) in [5, 5.41) is 2.69. The van der Waals surface area contributed by atoms with Gasteiger partial charge in [-0.2, -0.15) is 0 Å². The van der Waals surface area contributed by atoms with Gasteiger partial charge in [-0.25, -0.2) is 0 Å². The summed E-state index contributed by atoms with van der Waals surface area (Å²) in [6.07, 6.45) is 0.666. The van der Waals surface area contributed by atoms with Crippen molar-refractivity contribution >= 4 is 11.8 Å². The van der Waals surface area contributed by atoms with Crippen molar-refractivity contribution in [2.75, 3.05) is 20.2 Å². The van der Waals surface area contributed by atoms with Crippen molar-refractivity contribution in [3.8, 4) is 0 Å². The lowest BCUT2D eigenvalue weighted by Gasteiger charge is -2.12. The van der Waals surface area contributed by atoms with Crippen molar-refractivity contribution < 1.29 is 14.3 Å². The van der Waals surface area contributed by atoms with E-state index >= 15 is 0 Å². The Hall–Kier alpha value is -1.88. The second kappa shape index (κ2) is 6.33. The van der Waals surface area contributed by atoms with Gasteiger partial charge in [-0.3, -0.25) is 9.59 Å². The summed E-state index contributed by atoms with van der Waals surface area (Å²) in [5.74, 6) is -0.277. The molecule has 0 bridgehead atoms. The largest absolute Gasteiger partial charge is 0.367 e. The van der Waals surface area contributed by atoms with Gasteiger partial charge in [-0.1, -0.05) is 30.3 Å². The minimum atomic E-state index is -0.391. The Bertz CT molecular complexity index is 447. The second-order valence-corrected chi connectivity index (χ2v) is 4.65. The maximum atomic E-state index is 11.6. The van der Waals surface area contributed by atoms with Gasteiger partial charge in [0.1, 0.15) is 12.6 Å². The maximum absolute atomic E-state index is 11.6. The molecule has 0 aliphatic carbocycles. The number of carbonyl (C=O) groups excluding carboxylic acids is 2. The number of amides is 2. The molecule has 102 valence electrons. The number of rotatable bonds is 5. The van der Waals surface area contributed by atoms with E-state index in [1.165, 1.54) is 0 Å². The Morgan fingerprint density at radius 1 is 1.42 bits per heavy atom. The van der Waals surface area contributed by atoms with E-state index in [1.54, 1.807) is 11.9 Å². The Kier molecular flexibility index (Phi) is 4.52. The average Bonchev–Trinajstić information content (AvgIpc) is 2.72. The number of nitrogens with one attached hydrogen (secondary N) is 1. The standard InChI is InChI=1S/C14H18N2O3/c1-16-8-7-12(14(16)18)15-13(17)10-19-9-11-5-3-2-4-6-11/h2-6,12H,7-10H2,1H3,(H,15,17)/t12-/m0/s1. The van der Waals surface area contributed by atoms with Crippen molar-refractivity contribution in [3.05, 3.63) is 35.9 Å². The van der Waals surface area contributed by atoms with Crippen LogP contribution >= 0.6 is 0 Å². The number of ether oxygens (including phenoxy) is 1. The smallest absolute Gasteiger partial charge is 0.246 e. The zero-order chi connectivity index (χ0) is 13.7. The first-order chi connectivity index (χ1) is 9.16. The van der Waals surface area contributed by atoms with E-state index in [2.05, 4.69) is 5.32 Å². The summed E-state index contributed by atoms with van der Waals surface area (Å²) in [6.45, 7) is 1.06. The summed E-state index contributed by atoms with van der Waals surface area (Å²) in [7, 11) is 1.74. The zero-order valence-electron chi connectivity index (χ0n) is 11.0. The van der Waals surface area contributed by atoms with Crippen molar-refractivity contribution in [3.63, 3.8) is 0 Å². The van der Waals surface area contributed by atoms with Crippen molar-refractivity contribution in [2.24, 2.45) is 0 Å².